The van der Waals surface area contributed by atoms with E-state index in [1.807, 2.05) is 0 Å². The molecule has 0 radical (unpaired) electrons. The highest BCUT2D eigenvalue weighted by atomic mass is 35.5. The number of anilines is 1. The highest BCUT2D eigenvalue weighted by Crippen LogP contribution is 2.32. The van der Waals surface area contributed by atoms with Gasteiger partial charge in [-0.05, 0) is 24.3 Å². The van der Waals surface area contributed by atoms with Gasteiger partial charge in [0.1, 0.15) is 19.0 Å². The van der Waals surface area contributed by atoms with Crippen LogP contribution >= 0.6 is 11.6 Å². The summed E-state index contributed by atoms with van der Waals surface area (Å²) < 4.78 is 24.7. The van der Waals surface area contributed by atoms with E-state index >= 15 is 0 Å². The van der Waals surface area contributed by atoms with Gasteiger partial charge in [-0.2, -0.15) is 0 Å². The number of halogens is 2. The number of nitrogens with one attached hydrogen (secondary N) is 1. The van der Waals surface area contributed by atoms with E-state index in [0.29, 0.717) is 30.4 Å². The second-order valence-electron chi connectivity index (χ2n) is 5.34. The second kappa shape index (κ2) is 6.97. The van der Waals surface area contributed by atoms with E-state index in [9.17, 15) is 9.18 Å². The van der Waals surface area contributed by atoms with Gasteiger partial charge >= 0.3 is 6.03 Å². The van der Waals surface area contributed by atoms with Crippen molar-refractivity contribution in [1.29, 1.82) is 0 Å². The average Bonchev–Trinajstić information content (AvgIpc) is 2.58. The van der Waals surface area contributed by atoms with Crippen LogP contribution in [0, 0.1) is 5.82 Å². The molecule has 1 N–H and O–H groups in total. The van der Waals surface area contributed by atoms with E-state index in [1.54, 1.807) is 31.3 Å². The SMILES string of the molecule is CN(Cc1c(F)cccc1Cl)C(=O)Nc1ccc2c(c1)OCCO2. The zero-order valence-electron chi connectivity index (χ0n) is 13.0. The number of carbonyl (C=O) groups is 1. The van der Waals surface area contributed by atoms with Crippen LogP contribution in [0.25, 0.3) is 0 Å². The number of hydrogen-bond acceptors (Lipinski definition) is 3. The summed E-state index contributed by atoms with van der Waals surface area (Å²) in [6, 6.07) is 9.19. The molecule has 1 aliphatic heterocycles. The van der Waals surface area contributed by atoms with Gasteiger partial charge in [-0.25, -0.2) is 9.18 Å². The molecule has 0 saturated carbocycles. The van der Waals surface area contributed by atoms with Gasteiger partial charge in [-0.1, -0.05) is 17.7 Å². The number of amides is 2. The van der Waals surface area contributed by atoms with Crippen LogP contribution in [0.1, 0.15) is 5.56 Å². The van der Waals surface area contributed by atoms with Gasteiger partial charge in [0.05, 0.1) is 6.54 Å². The molecule has 0 spiro atoms. The van der Waals surface area contributed by atoms with Crippen molar-refractivity contribution in [2.45, 2.75) is 6.54 Å². The Bertz CT molecular complexity index is 749. The standard InChI is InChI=1S/C17H16ClFN2O3/c1-21(10-12-13(18)3-2-4-14(12)19)17(22)20-11-5-6-15-16(9-11)24-8-7-23-15/h2-6,9H,7-8,10H2,1H3,(H,20,22). The smallest absolute Gasteiger partial charge is 0.321 e. The lowest BCUT2D eigenvalue weighted by molar-refractivity contribution is 0.171. The van der Waals surface area contributed by atoms with E-state index in [0.717, 1.165) is 0 Å². The topological polar surface area (TPSA) is 50.8 Å². The van der Waals surface area contributed by atoms with Gasteiger partial charge in [0.25, 0.3) is 0 Å². The lowest BCUT2D eigenvalue weighted by Crippen LogP contribution is -2.31. The van der Waals surface area contributed by atoms with Crippen LogP contribution < -0.4 is 14.8 Å². The van der Waals surface area contributed by atoms with Crippen molar-refractivity contribution in [3.63, 3.8) is 0 Å². The van der Waals surface area contributed by atoms with Crippen LogP contribution in [0.15, 0.2) is 36.4 Å². The first-order chi connectivity index (χ1) is 11.5. The number of rotatable bonds is 3. The molecule has 2 aromatic rings. The zero-order valence-corrected chi connectivity index (χ0v) is 13.8. The van der Waals surface area contributed by atoms with Crippen molar-refractivity contribution < 1.29 is 18.7 Å². The van der Waals surface area contributed by atoms with Gasteiger partial charge in [-0.3, -0.25) is 0 Å². The molecule has 2 aromatic carbocycles. The molecule has 2 amide bonds. The van der Waals surface area contributed by atoms with Crippen LogP contribution in [-0.4, -0.2) is 31.2 Å². The molecule has 1 aliphatic rings. The summed E-state index contributed by atoms with van der Waals surface area (Å²) in [5, 5.41) is 3.02. The van der Waals surface area contributed by atoms with E-state index in [4.69, 9.17) is 21.1 Å². The molecule has 5 nitrogen and oxygen atoms in total. The molecule has 0 fully saturated rings. The van der Waals surface area contributed by atoms with Crippen LogP contribution in [0.4, 0.5) is 14.9 Å². The molecule has 0 atom stereocenters. The minimum absolute atomic E-state index is 0.0574. The Labute approximate surface area is 143 Å². The molecule has 0 saturated heterocycles. The Morgan fingerprint density at radius 3 is 2.75 bits per heavy atom. The molecule has 7 heteroatoms. The summed E-state index contributed by atoms with van der Waals surface area (Å²) in [4.78, 5) is 13.6. The average molecular weight is 351 g/mol. The van der Waals surface area contributed by atoms with E-state index in [1.165, 1.54) is 17.0 Å². The Morgan fingerprint density at radius 1 is 1.25 bits per heavy atom. The third-order valence-corrected chi connectivity index (χ3v) is 3.95. The largest absolute Gasteiger partial charge is 0.486 e. The van der Waals surface area contributed by atoms with Crippen LogP contribution in [0.2, 0.25) is 5.02 Å². The highest BCUT2D eigenvalue weighted by Gasteiger charge is 2.16. The Kier molecular flexibility index (Phi) is 4.76. The molecule has 0 aromatic heterocycles. The quantitative estimate of drug-likeness (QED) is 0.913. The third kappa shape index (κ3) is 3.54. The maximum absolute atomic E-state index is 13.8. The predicted octanol–water partition coefficient (Wildman–Crippen LogP) is 3.91. The summed E-state index contributed by atoms with van der Waals surface area (Å²) >= 11 is 5.99. The Hall–Kier alpha value is -2.47. The van der Waals surface area contributed by atoms with Crippen LogP contribution in [-0.2, 0) is 6.54 Å². The second-order valence-corrected chi connectivity index (χ2v) is 5.75. The first-order valence-corrected chi connectivity index (χ1v) is 7.77. The maximum atomic E-state index is 13.8. The van der Waals surface area contributed by atoms with Crippen LogP contribution in [0.3, 0.4) is 0 Å². The third-order valence-electron chi connectivity index (χ3n) is 3.60. The van der Waals surface area contributed by atoms with Gasteiger partial charge in [-0.15, -0.1) is 0 Å². The number of nitrogens with zero attached hydrogens (tertiary/aromatic N) is 1. The molecular weight excluding hydrogens is 335 g/mol. The van der Waals surface area contributed by atoms with Gasteiger partial charge < -0.3 is 19.7 Å². The molecule has 0 bridgehead atoms. The van der Waals surface area contributed by atoms with E-state index in [2.05, 4.69) is 5.32 Å². The predicted molar refractivity (Wildman–Crippen MR) is 89.3 cm³/mol. The number of ether oxygens (including phenoxy) is 2. The maximum Gasteiger partial charge on any atom is 0.321 e. The van der Waals surface area contributed by atoms with Gasteiger partial charge in [0.15, 0.2) is 11.5 Å². The first-order valence-electron chi connectivity index (χ1n) is 7.39. The molecule has 1 heterocycles. The summed E-state index contributed by atoms with van der Waals surface area (Å²) in [5.74, 6) is 0.783. The van der Waals surface area contributed by atoms with Crippen molar-refractivity contribution in [3.05, 3.63) is 52.8 Å². The number of hydrogen-bond donors (Lipinski definition) is 1. The van der Waals surface area contributed by atoms with Crippen molar-refractivity contribution in [2.75, 3.05) is 25.6 Å². The minimum atomic E-state index is -0.443. The van der Waals surface area contributed by atoms with Crippen molar-refractivity contribution >= 4 is 23.3 Å². The zero-order chi connectivity index (χ0) is 17.1. The monoisotopic (exact) mass is 350 g/mol. The number of urea groups is 1. The molecule has 24 heavy (non-hydrogen) atoms. The molecule has 0 unspecified atom stereocenters. The lowest BCUT2D eigenvalue weighted by Gasteiger charge is -2.21. The van der Waals surface area contributed by atoms with Crippen molar-refractivity contribution in [2.24, 2.45) is 0 Å². The fraction of sp³-hybridized carbons (Fsp3) is 0.235. The van der Waals surface area contributed by atoms with Gasteiger partial charge in [0, 0.05) is 29.4 Å². The minimum Gasteiger partial charge on any atom is -0.486 e. The highest BCUT2D eigenvalue weighted by molar-refractivity contribution is 6.31. The van der Waals surface area contributed by atoms with Crippen LogP contribution in [0.5, 0.6) is 11.5 Å². The Morgan fingerprint density at radius 2 is 2.00 bits per heavy atom. The molecule has 3 rings (SSSR count). The van der Waals surface area contributed by atoms with E-state index < -0.39 is 5.82 Å². The number of benzene rings is 2. The normalized spacial score (nSPS) is 12.6. The lowest BCUT2D eigenvalue weighted by atomic mass is 10.2. The number of carbonyl (C=O) groups excluding carboxylic acids is 1. The molecule has 126 valence electrons. The number of fused-ring (bicyclic) bond motifs is 1. The van der Waals surface area contributed by atoms with Gasteiger partial charge in [0.2, 0.25) is 0 Å². The van der Waals surface area contributed by atoms with Crippen molar-refractivity contribution in [3.8, 4) is 11.5 Å². The summed E-state index contributed by atoms with van der Waals surface area (Å²) in [7, 11) is 1.57. The molecule has 0 aliphatic carbocycles. The molecular formula is C17H16ClFN2O3. The Balaban J connectivity index is 1.68. The van der Waals surface area contributed by atoms with Crippen molar-refractivity contribution in [1.82, 2.24) is 4.90 Å². The summed E-state index contributed by atoms with van der Waals surface area (Å²) in [6.45, 7) is 1.03. The first kappa shape index (κ1) is 16.4. The summed E-state index contributed by atoms with van der Waals surface area (Å²) in [6.07, 6.45) is 0. The summed E-state index contributed by atoms with van der Waals surface area (Å²) in [5.41, 5.74) is 0.842. The van der Waals surface area contributed by atoms with E-state index in [-0.39, 0.29) is 23.2 Å². The fourth-order valence-electron chi connectivity index (χ4n) is 2.33. The fourth-order valence-corrected chi connectivity index (χ4v) is 2.56.